The summed E-state index contributed by atoms with van der Waals surface area (Å²) in [5.74, 6) is 0. The third-order valence-corrected chi connectivity index (χ3v) is 0. The van der Waals surface area contributed by atoms with Crippen molar-refractivity contribution in [3.8, 4) is 0 Å². The number of hydrogen-bond donors (Lipinski definition) is 0. The summed E-state index contributed by atoms with van der Waals surface area (Å²) >= 11 is 0. The Morgan fingerprint density at radius 3 is 0.333 bits per heavy atom. The first kappa shape index (κ1) is 126. The molecule has 0 aromatic heterocycles. The van der Waals surface area contributed by atoms with Crippen LogP contribution in [0.4, 0.5) is 0 Å². The molecule has 58 valence electrons. The Balaban J connectivity index is 0. The van der Waals surface area contributed by atoms with E-state index in [-0.39, 0.29) is 157 Å². The first-order valence-electron chi connectivity index (χ1n) is 0. The summed E-state index contributed by atoms with van der Waals surface area (Å²) in [5.41, 5.74) is 0. The van der Waals surface area contributed by atoms with Gasteiger partial charge < -0.3 is 32.9 Å². The van der Waals surface area contributed by atoms with Crippen LogP contribution in [0.5, 0.6) is 0 Å². The largest absolute Gasteiger partial charge is 1.00 e. The van der Waals surface area contributed by atoms with Crippen molar-refractivity contribution in [2.45, 2.75) is 0 Å². The van der Waals surface area contributed by atoms with Gasteiger partial charge in [0.2, 0.25) is 0 Å². The molecule has 0 rings (SSSR count). The van der Waals surface area contributed by atoms with Crippen LogP contribution in [0, 0.1) is 0 Å². The summed E-state index contributed by atoms with van der Waals surface area (Å²) in [6.45, 7) is 0. The molecule has 0 spiro atoms. The maximum Gasteiger partial charge on any atom is 1.00 e. The minimum absolute atomic E-state index is 0. The normalized spacial score (nSPS) is 0. The minimum atomic E-state index is 0. The van der Waals surface area contributed by atoms with Gasteiger partial charge in [0, 0.05) is 21.1 Å². The fourth-order valence-electron chi connectivity index (χ4n) is 0. The second-order valence-corrected chi connectivity index (χ2v) is 0. The Hall–Kier alpha value is 3.72. The van der Waals surface area contributed by atoms with Crippen LogP contribution in [-0.2, 0) is 21.1 Å². The molecular weight excluding hydrogens is 369 g/mol. The van der Waals surface area contributed by atoms with Crippen molar-refractivity contribution in [2.75, 3.05) is 0 Å². The van der Waals surface area contributed by atoms with E-state index in [0.29, 0.717) is 0 Å². The van der Waals surface area contributed by atoms with E-state index in [9.17, 15) is 0 Å². The van der Waals surface area contributed by atoms with Crippen LogP contribution in [0.3, 0.4) is 0 Å². The fourth-order valence-corrected chi connectivity index (χ4v) is 0. The van der Waals surface area contributed by atoms with E-state index >= 15 is 0 Å². The van der Waals surface area contributed by atoms with E-state index < -0.39 is 0 Å². The molecule has 12 N–H and O–H groups in total. The van der Waals surface area contributed by atoms with E-state index in [0.717, 1.165) is 0 Å². The average molecular weight is 381 g/mol. The molecule has 0 radical (unpaired) electrons. The predicted octanol–water partition coefficient (Wildman–Crippen LogP) is -10.9. The van der Waals surface area contributed by atoms with Gasteiger partial charge in [-0.15, -0.1) is 0 Å². The molecule has 6 nitrogen and oxygen atoms in total. The van der Waals surface area contributed by atoms with Crippen LogP contribution in [0.15, 0.2) is 0 Å². The van der Waals surface area contributed by atoms with Gasteiger partial charge in [-0.2, -0.15) is 0 Å². The van der Waals surface area contributed by atoms with Crippen LogP contribution in [0.1, 0.15) is 0 Å². The quantitative estimate of drug-likeness (QED) is 0.360. The molecule has 0 heterocycles. The third kappa shape index (κ3) is 80.0. The van der Waals surface area contributed by atoms with E-state index in [1.165, 1.54) is 0 Å². The minimum Gasteiger partial charge on any atom is -0.412 e. The van der Waals surface area contributed by atoms with Crippen molar-refractivity contribution in [2.24, 2.45) is 0 Å². The number of rotatable bonds is 0. The fraction of sp³-hybridized carbons (Fsp3) is 0. The molecule has 0 atom stereocenters. The summed E-state index contributed by atoms with van der Waals surface area (Å²) in [7, 11) is 0. The smallest absolute Gasteiger partial charge is 0.412 e. The standard InChI is InChI=1S/2K.6H2O.Pt/h;;6*1H2;/q2*+1;;;;;;;. The van der Waals surface area contributed by atoms with Crippen molar-refractivity contribution in [3.63, 3.8) is 0 Å². The van der Waals surface area contributed by atoms with Gasteiger partial charge in [0.1, 0.15) is 0 Å². The first-order chi connectivity index (χ1) is 0. The van der Waals surface area contributed by atoms with Gasteiger partial charge in [-0.3, -0.25) is 0 Å². The summed E-state index contributed by atoms with van der Waals surface area (Å²) in [6.07, 6.45) is 0. The van der Waals surface area contributed by atoms with Crippen LogP contribution in [0.25, 0.3) is 0 Å². The monoisotopic (exact) mass is 381 g/mol. The molecule has 9 heavy (non-hydrogen) atoms. The Bertz CT molecular complexity index is 11.0. The van der Waals surface area contributed by atoms with Crippen molar-refractivity contribution < 1.29 is 157 Å². The third-order valence-electron chi connectivity index (χ3n) is 0. The maximum absolute atomic E-state index is 0. The topological polar surface area (TPSA) is 189 Å². The molecule has 0 amide bonds. The second-order valence-electron chi connectivity index (χ2n) is 0. The SMILES string of the molecule is O.O.O.O.O.O.[K+].[K+].[Pt]. The zero-order valence-corrected chi connectivity index (χ0v) is 13.8. The Morgan fingerprint density at radius 2 is 0.333 bits per heavy atom. The van der Waals surface area contributed by atoms with Crippen molar-refractivity contribution in [1.82, 2.24) is 0 Å². The van der Waals surface area contributed by atoms with Gasteiger partial charge >= 0.3 is 103 Å². The van der Waals surface area contributed by atoms with Gasteiger partial charge in [-0.05, 0) is 0 Å². The van der Waals surface area contributed by atoms with Crippen molar-refractivity contribution in [1.29, 1.82) is 0 Å². The molecule has 0 saturated carbocycles. The van der Waals surface area contributed by atoms with E-state index in [1.54, 1.807) is 0 Å². The molecule has 9 heteroatoms. The van der Waals surface area contributed by atoms with Crippen LogP contribution >= 0.6 is 0 Å². The van der Waals surface area contributed by atoms with Crippen molar-refractivity contribution in [3.05, 3.63) is 0 Å². The zero-order chi connectivity index (χ0) is 0. The molecule has 0 unspecified atom stereocenters. The molecule has 0 aromatic rings. The average Bonchev–Trinajstić information content (AvgIpc) is 0. The van der Waals surface area contributed by atoms with Gasteiger partial charge in [-0.25, -0.2) is 0 Å². The molecule has 0 fully saturated rings. The summed E-state index contributed by atoms with van der Waals surface area (Å²) in [4.78, 5) is 0. The van der Waals surface area contributed by atoms with Crippen LogP contribution in [0.2, 0.25) is 0 Å². The van der Waals surface area contributed by atoms with E-state index in [4.69, 9.17) is 0 Å². The van der Waals surface area contributed by atoms with Gasteiger partial charge in [0.15, 0.2) is 0 Å². The molecule has 0 aliphatic rings. The van der Waals surface area contributed by atoms with Gasteiger partial charge in [0.05, 0.1) is 0 Å². The molecule has 0 aliphatic carbocycles. The predicted molar refractivity (Wildman–Crippen MR) is 21.7 cm³/mol. The van der Waals surface area contributed by atoms with E-state index in [1.807, 2.05) is 0 Å². The molecule has 0 aromatic carbocycles. The van der Waals surface area contributed by atoms with Crippen molar-refractivity contribution >= 4 is 0 Å². The zero-order valence-electron chi connectivity index (χ0n) is 5.32. The van der Waals surface area contributed by atoms with Gasteiger partial charge in [-0.1, -0.05) is 0 Å². The summed E-state index contributed by atoms with van der Waals surface area (Å²) in [6, 6.07) is 0. The molecular formula is H12K2O6Pt+2. The van der Waals surface area contributed by atoms with Crippen LogP contribution in [-0.4, -0.2) is 32.9 Å². The van der Waals surface area contributed by atoms with E-state index in [2.05, 4.69) is 0 Å². The molecule has 0 aliphatic heterocycles. The summed E-state index contributed by atoms with van der Waals surface area (Å²) < 4.78 is 0. The second kappa shape index (κ2) is 97.3. The Morgan fingerprint density at radius 1 is 0.333 bits per heavy atom. The first-order valence-corrected chi connectivity index (χ1v) is 0. The summed E-state index contributed by atoms with van der Waals surface area (Å²) in [5, 5.41) is 0. The Labute approximate surface area is 152 Å². The van der Waals surface area contributed by atoms with Crippen LogP contribution < -0.4 is 103 Å². The molecule has 0 saturated heterocycles. The Kier molecular flexibility index (Phi) is 1360. The molecule has 0 bridgehead atoms. The van der Waals surface area contributed by atoms with Gasteiger partial charge in [0.25, 0.3) is 0 Å². The maximum atomic E-state index is 0. The number of hydrogen-bond acceptors (Lipinski definition) is 0.